The Labute approximate surface area is 196 Å². The van der Waals surface area contributed by atoms with Gasteiger partial charge in [-0.2, -0.15) is 4.57 Å². The molecule has 0 spiro atoms. The predicted octanol–water partition coefficient (Wildman–Crippen LogP) is 3.32. The molecule has 0 saturated heterocycles. The molecule has 0 fully saturated rings. The Balaban J connectivity index is 1.76. The van der Waals surface area contributed by atoms with E-state index in [0.717, 1.165) is 16.0 Å². The predicted molar refractivity (Wildman–Crippen MR) is 129 cm³/mol. The second kappa shape index (κ2) is 8.12. The lowest BCUT2D eigenvalue weighted by atomic mass is 10.1. The zero-order chi connectivity index (χ0) is 24.0. The van der Waals surface area contributed by atoms with Crippen molar-refractivity contribution in [1.29, 1.82) is 0 Å². The van der Waals surface area contributed by atoms with Gasteiger partial charge in [0.15, 0.2) is 12.4 Å². The number of carbonyl (C=O) groups excluding carboxylic acids is 2. The van der Waals surface area contributed by atoms with Gasteiger partial charge in [-0.25, -0.2) is 9.58 Å². The SMILES string of the molecule is Cc1ccc(N2C(=O)C(c3c(C)[nH]n(-c4ccccc4)c3=O)=C([n+]3cccc(C)c3)C2=O)cc1. The first-order valence-corrected chi connectivity index (χ1v) is 10.9. The van der Waals surface area contributed by atoms with Gasteiger partial charge in [0, 0.05) is 17.3 Å². The summed E-state index contributed by atoms with van der Waals surface area (Å²) in [5.74, 6) is -1.01. The minimum atomic E-state index is -0.530. The van der Waals surface area contributed by atoms with E-state index in [4.69, 9.17) is 0 Å². The largest absolute Gasteiger partial charge is 0.331 e. The molecule has 7 heteroatoms. The van der Waals surface area contributed by atoms with Crippen molar-refractivity contribution in [3.8, 4) is 5.69 Å². The fourth-order valence-corrected chi connectivity index (χ4v) is 4.24. The molecule has 0 bridgehead atoms. The number of H-pyrrole nitrogens is 1. The number of benzene rings is 2. The summed E-state index contributed by atoms with van der Waals surface area (Å²) in [4.78, 5) is 42.2. The third kappa shape index (κ3) is 3.38. The molecule has 3 heterocycles. The number of amides is 2. The van der Waals surface area contributed by atoms with Crippen molar-refractivity contribution in [3.63, 3.8) is 0 Å². The number of para-hydroxylation sites is 1. The highest BCUT2D eigenvalue weighted by Crippen LogP contribution is 2.33. The molecule has 0 saturated carbocycles. The molecule has 2 amide bonds. The Hall–Kier alpha value is -4.52. The van der Waals surface area contributed by atoms with Crippen LogP contribution in [-0.2, 0) is 9.59 Å². The number of nitrogens with zero attached hydrogens (tertiary/aromatic N) is 3. The number of anilines is 1. The van der Waals surface area contributed by atoms with Gasteiger partial charge >= 0.3 is 5.91 Å². The molecule has 7 nitrogen and oxygen atoms in total. The van der Waals surface area contributed by atoms with Gasteiger partial charge in [0.05, 0.1) is 16.9 Å². The van der Waals surface area contributed by atoms with Crippen LogP contribution in [-0.4, -0.2) is 21.6 Å². The average molecular weight is 452 g/mol. The van der Waals surface area contributed by atoms with E-state index < -0.39 is 17.4 Å². The molecule has 2 aromatic heterocycles. The van der Waals surface area contributed by atoms with E-state index >= 15 is 0 Å². The molecule has 0 atom stereocenters. The van der Waals surface area contributed by atoms with E-state index in [1.54, 1.807) is 54.2 Å². The summed E-state index contributed by atoms with van der Waals surface area (Å²) in [6, 6.07) is 20.0. The maximum Gasteiger partial charge on any atom is 0.331 e. The summed E-state index contributed by atoms with van der Waals surface area (Å²) in [7, 11) is 0. The van der Waals surface area contributed by atoms with Gasteiger partial charge in [0.25, 0.3) is 17.2 Å². The van der Waals surface area contributed by atoms with Gasteiger partial charge in [-0.1, -0.05) is 35.9 Å². The highest BCUT2D eigenvalue weighted by molar-refractivity contribution is 6.53. The Kier molecular flexibility index (Phi) is 5.09. The van der Waals surface area contributed by atoms with E-state index in [9.17, 15) is 14.4 Å². The van der Waals surface area contributed by atoms with Crippen molar-refractivity contribution in [2.24, 2.45) is 0 Å². The van der Waals surface area contributed by atoms with Gasteiger partial charge in [-0.15, -0.1) is 0 Å². The molecule has 0 radical (unpaired) electrons. The van der Waals surface area contributed by atoms with E-state index in [1.165, 1.54) is 4.68 Å². The monoisotopic (exact) mass is 451 g/mol. The summed E-state index contributed by atoms with van der Waals surface area (Å²) in [5, 5.41) is 3.07. The zero-order valence-electron chi connectivity index (χ0n) is 19.1. The van der Waals surface area contributed by atoms with Crippen LogP contribution in [0.1, 0.15) is 22.4 Å². The third-order valence-corrected chi connectivity index (χ3v) is 5.89. The van der Waals surface area contributed by atoms with Crippen LogP contribution in [0.3, 0.4) is 0 Å². The highest BCUT2D eigenvalue weighted by atomic mass is 16.2. The number of carbonyl (C=O) groups is 2. The summed E-state index contributed by atoms with van der Waals surface area (Å²) in [6.45, 7) is 5.57. The van der Waals surface area contributed by atoms with E-state index in [1.807, 2.05) is 50.2 Å². The van der Waals surface area contributed by atoms with Gasteiger partial charge in [-0.3, -0.25) is 19.5 Å². The second-order valence-electron chi connectivity index (χ2n) is 8.38. The molecule has 4 aromatic rings. The van der Waals surface area contributed by atoms with Crippen molar-refractivity contribution in [3.05, 3.63) is 112 Å². The quantitative estimate of drug-likeness (QED) is 0.382. The molecule has 0 unspecified atom stereocenters. The Morgan fingerprint density at radius 2 is 1.44 bits per heavy atom. The van der Waals surface area contributed by atoms with Gasteiger partial charge in [0.1, 0.15) is 5.57 Å². The minimum absolute atomic E-state index is 0.0783. The minimum Gasteiger partial charge on any atom is -0.295 e. The fourth-order valence-electron chi connectivity index (χ4n) is 4.24. The third-order valence-electron chi connectivity index (χ3n) is 5.89. The maximum absolute atomic E-state index is 13.8. The highest BCUT2D eigenvalue weighted by Gasteiger charge is 2.48. The Morgan fingerprint density at radius 3 is 2.12 bits per heavy atom. The summed E-state index contributed by atoms with van der Waals surface area (Å²) in [6.07, 6.45) is 3.49. The van der Waals surface area contributed by atoms with E-state index in [-0.39, 0.29) is 16.8 Å². The number of rotatable bonds is 4. The second-order valence-corrected chi connectivity index (χ2v) is 8.38. The van der Waals surface area contributed by atoms with Gasteiger partial charge < -0.3 is 0 Å². The summed E-state index contributed by atoms with van der Waals surface area (Å²) in [5.41, 5.74) is 3.53. The van der Waals surface area contributed by atoms with E-state index in [2.05, 4.69) is 5.10 Å². The van der Waals surface area contributed by atoms with Gasteiger partial charge in [0.2, 0.25) is 0 Å². The average Bonchev–Trinajstić information content (AvgIpc) is 3.26. The number of pyridine rings is 1. The molecule has 34 heavy (non-hydrogen) atoms. The molecular weight excluding hydrogens is 428 g/mol. The zero-order valence-corrected chi connectivity index (χ0v) is 19.1. The molecule has 5 rings (SSSR count). The topological polar surface area (TPSA) is 79.1 Å². The normalized spacial score (nSPS) is 13.8. The summed E-state index contributed by atoms with van der Waals surface area (Å²) < 4.78 is 3.01. The first-order chi connectivity index (χ1) is 16.4. The smallest absolute Gasteiger partial charge is 0.295 e. The van der Waals surface area contributed by atoms with Crippen molar-refractivity contribution < 1.29 is 14.2 Å². The van der Waals surface area contributed by atoms with Gasteiger partial charge in [-0.05, 0) is 51.1 Å². The van der Waals surface area contributed by atoms with Crippen LogP contribution in [0.15, 0.2) is 83.9 Å². The lowest BCUT2D eigenvalue weighted by Crippen LogP contribution is -2.39. The molecule has 1 aliphatic heterocycles. The molecule has 1 N–H and O–H groups in total. The van der Waals surface area contributed by atoms with Crippen LogP contribution in [0.5, 0.6) is 0 Å². The fraction of sp³-hybridized carbons (Fsp3) is 0.111. The lowest BCUT2D eigenvalue weighted by Gasteiger charge is -2.14. The molecule has 0 aliphatic carbocycles. The number of aryl methyl sites for hydroxylation is 3. The molecule has 1 aliphatic rings. The van der Waals surface area contributed by atoms with Crippen LogP contribution < -0.4 is 15.0 Å². The lowest BCUT2D eigenvalue weighted by molar-refractivity contribution is -0.577. The first kappa shape index (κ1) is 21.3. The van der Waals surface area contributed by atoms with Crippen LogP contribution in [0.2, 0.25) is 0 Å². The standard InChI is InChI=1S/C27H22N4O3/c1-17-11-13-20(14-12-17)30-25(32)23(24(27(30)34)29-15-7-8-18(2)16-29)22-19(3)28-31(26(22)33)21-9-5-4-6-10-21/h4-16H,1-3H3/p+1. The summed E-state index contributed by atoms with van der Waals surface area (Å²) >= 11 is 0. The van der Waals surface area contributed by atoms with Crippen LogP contribution in [0, 0.1) is 20.8 Å². The number of aromatic amines is 1. The van der Waals surface area contributed by atoms with Crippen molar-refractivity contribution >= 4 is 28.8 Å². The number of hydrogen-bond acceptors (Lipinski definition) is 3. The van der Waals surface area contributed by atoms with Crippen molar-refractivity contribution in [1.82, 2.24) is 9.78 Å². The molecular formula is C27H23N4O3+. The Morgan fingerprint density at radius 1 is 0.735 bits per heavy atom. The molecule has 168 valence electrons. The van der Waals surface area contributed by atoms with Crippen LogP contribution in [0.25, 0.3) is 17.0 Å². The van der Waals surface area contributed by atoms with Crippen LogP contribution >= 0.6 is 0 Å². The van der Waals surface area contributed by atoms with E-state index in [0.29, 0.717) is 17.1 Å². The Bertz CT molecular complexity index is 1530. The first-order valence-electron chi connectivity index (χ1n) is 10.9. The van der Waals surface area contributed by atoms with Crippen LogP contribution in [0.4, 0.5) is 5.69 Å². The van der Waals surface area contributed by atoms with Crippen molar-refractivity contribution in [2.45, 2.75) is 20.8 Å². The number of nitrogens with one attached hydrogen (secondary N) is 1. The maximum atomic E-state index is 13.8. The number of hydrogen-bond donors (Lipinski definition) is 1. The number of aromatic nitrogens is 3. The van der Waals surface area contributed by atoms with Crippen molar-refractivity contribution in [2.75, 3.05) is 4.90 Å². The number of imide groups is 1. The molecule has 2 aromatic carbocycles.